The quantitative estimate of drug-likeness (QED) is 0.256. The second kappa shape index (κ2) is 11.1. The fraction of sp³-hybridized carbons (Fsp3) is 0.355. The third-order valence-electron chi connectivity index (χ3n) is 8.39. The molecule has 6 heterocycles. The van der Waals surface area contributed by atoms with Gasteiger partial charge in [0.1, 0.15) is 22.8 Å². The number of carbonyl (C=O) groups is 1. The van der Waals surface area contributed by atoms with Gasteiger partial charge in [-0.1, -0.05) is 17.7 Å². The highest BCUT2D eigenvalue weighted by Crippen LogP contribution is 2.29. The minimum absolute atomic E-state index is 0.0135. The Morgan fingerprint density at radius 3 is 2.60 bits per heavy atom. The number of benzene rings is 1. The van der Waals surface area contributed by atoms with Gasteiger partial charge in [0.15, 0.2) is 11.3 Å². The van der Waals surface area contributed by atoms with Gasteiger partial charge >= 0.3 is 5.97 Å². The van der Waals surface area contributed by atoms with Crippen LogP contribution in [0.3, 0.4) is 0 Å². The highest BCUT2D eigenvalue weighted by atomic mass is 35.5. The lowest BCUT2D eigenvalue weighted by Crippen LogP contribution is -2.36. The minimum atomic E-state index is -1.05. The Bertz CT molecular complexity index is 1790. The van der Waals surface area contributed by atoms with E-state index < -0.39 is 5.97 Å². The Morgan fingerprint density at radius 2 is 1.86 bits per heavy atom. The van der Waals surface area contributed by atoms with Crippen molar-refractivity contribution >= 4 is 39.8 Å². The minimum Gasteiger partial charge on any atom is -0.477 e. The molecule has 4 aromatic heterocycles. The third kappa shape index (κ3) is 5.26. The van der Waals surface area contributed by atoms with Crippen molar-refractivity contribution in [3.8, 4) is 0 Å². The summed E-state index contributed by atoms with van der Waals surface area (Å²) in [4.78, 5) is 28.1. The molecule has 216 valence electrons. The number of ether oxygens (including phenoxy) is 1. The zero-order chi connectivity index (χ0) is 28.8. The normalized spacial score (nSPS) is 18.1. The Kier molecular flexibility index (Phi) is 7.13. The van der Waals surface area contributed by atoms with Crippen molar-refractivity contribution in [3.63, 3.8) is 0 Å². The number of likely N-dealkylation sites (tertiary alicyclic amines) is 1. The van der Waals surface area contributed by atoms with Crippen LogP contribution in [0.1, 0.15) is 52.9 Å². The molecule has 1 N–H and O–H groups in total. The van der Waals surface area contributed by atoms with Crippen LogP contribution in [0.5, 0.6) is 0 Å². The summed E-state index contributed by atoms with van der Waals surface area (Å²) in [5.41, 5.74) is 3.61. The maximum atomic E-state index is 14.4. The van der Waals surface area contributed by atoms with Crippen LogP contribution < -0.4 is 0 Å². The van der Waals surface area contributed by atoms with Crippen LogP contribution in [0.25, 0.3) is 22.2 Å². The van der Waals surface area contributed by atoms with Crippen molar-refractivity contribution < 1.29 is 19.0 Å². The Hall–Kier alpha value is -3.86. The summed E-state index contributed by atoms with van der Waals surface area (Å²) in [6, 6.07) is 14.4. The summed E-state index contributed by atoms with van der Waals surface area (Å²) in [5.74, 6) is -0.496. The molecule has 42 heavy (non-hydrogen) atoms. The number of pyridine rings is 2. The van der Waals surface area contributed by atoms with Crippen LogP contribution >= 0.6 is 11.6 Å². The maximum Gasteiger partial charge on any atom is 0.354 e. The standard InChI is InChI=1S/C31H30ClFN6O3/c32-21-3-1-20(25(33)16-21)15-22-4-2-19-7-13-38(29(19)34-22)23-8-11-37(12-9-23)18-28-35-26-5-6-27(31(40)41)36-30(26)39(28)17-24-10-14-42-24/h1-7,13,16,23-24H,8-12,14-15,17-18H2,(H,40,41)/t24-/m0/s1. The number of aromatic carboxylic acids is 1. The molecule has 11 heteroatoms. The summed E-state index contributed by atoms with van der Waals surface area (Å²) in [5, 5.41) is 10.9. The lowest BCUT2D eigenvalue weighted by atomic mass is 10.0. The first-order valence-corrected chi connectivity index (χ1v) is 14.6. The Morgan fingerprint density at radius 1 is 1.02 bits per heavy atom. The molecular weight excluding hydrogens is 559 g/mol. The number of nitrogens with zero attached hydrogens (tertiary/aromatic N) is 6. The average molecular weight is 589 g/mol. The molecule has 0 unspecified atom stereocenters. The van der Waals surface area contributed by atoms with E-state index in [4.69, 9.17) is 26.3 Å². The van der Waals surface area contributed by atoms with Gasteiger partial charge in [-0.3, -0.25) is 4.90 Å². The topological polar surface area (TPSA) is 98.3 Å². The zero-order valence-corrected chi connectivity index (χ0v) is 23.7. The number of rotatable bonds is 8. The van der Waals surface area contributed by atoms with Gasteiger partial charge in [-0.2, -0.15) is 0 Å². The predicted molar refractivity (Wildman–Crippen MR) is 156 cm³/mol. The van der Waals surface area contributed by atoms with E-state index in [2.05, 4.69) is 32.8 Å². The van der Waals surface area contributed by atoms with Crippen molar-refractivity contribution in [3.05, 3.63) is 88.3 Å². The van der Waals surface area contributed by atoms with E-state index in [1.807, 2.05) is 10.6 Å². The second-order valence-corrected chi connectivity index (χ2v) is 11.6. The van der Waals surface area contributed by atoms with Gasteiger partial charge in [-0.15, -0.1) is 0 Å². The number of piperidine rings is 1. The van der Waals surface area contributed by atoms with Crippen molar-refractivity contribution in [1.82, 2.24) is 29.0 Å². The largest absolute Gasteiger partial charge is 0.477 e. The van der Waals surface area contributed by atoms with E-state index in [-0.39, 0.29) is 17.6 Å². The van der Waals surface area contributed by atoms with Crippen LogP contribution in [0.4, 0.5) is 4.39 Å². The number of hydrogen-bond acceptors (Lipinski definition) is 6. The zero-order valence-electron chi connectivity index (χ0n) is 22.9. The van der Waals surface area contributed by atoms with Crippen molar-refractivity contribution in [2.45, 2.75) is 50.9 Å². The molecule has 7 rings (SSSR count). The van der Waals surface area contributed by atoms with Gasteiger partial charge in [0.2, 0.25) is 0 Å². The molecule has 2 aliphatic rings. The Labute approximate surface area is 246 Å². The van der Waals surface area contributed by atoms with Crippen molar-refractivity contribution in [1.29, 1.82) is 0 Å². The Balaban J connectivity index is 1.07. The van der Waals surface area contributed by atoms with Crippen LogP contribution in [0.2, 0.25) is 5.02 Å². The lowest BCUT2D eigenvalue weighted by molar-refractivity contribution is -0.0593. The van der Waals surface area contributed by atoms with Gasteiger partial charge in [-0.05, 0) is 67.3 Å². The molecule has 2 aliphatic heterocycles. The van der Waals surface area contributed by atoms with E-state index >= 15 is 0 Å². The molecule has 9 nitrogen and oxygen atoms in total. The molecular formula is C31H30ClFN6O3. The third-order valence-corrected chi connectivity index (χ3v) is 8.63. The van der Waals surface area contributed by atoms with E-state index in [1.165, 1.54) is 12.1 Å². The molecule has 0 amide bonds. The number of hydrogen-bond donors (Lipinski definition) is 1. The summed E-state index contributed by atoms with van der Waals surface area (Å²) in [6.45, 7) is 3.78. The molecule has 0 aliphatic carbocycles. The predicted octanol–water partition coefficient (Wildman–Crippen LogP) is 5.49. The lowest BCUT2D eigenvalue weighted by Gasteiger charge is -2.33. The summed E-state index contributed by atoms with van der Waals surface area (Å²) in [6.07, 6.45) is 5.48. The van der Waals surface area contributed by atoms with Crippen LogP contribution in [0, 0.1) is 5.82 Å². The fourth-order valence-corrected chi connectivity index (χ4v) is 6.15. The monoisotopic (exact) mass is 588 g/mol. The molecule has 2 saturated heterocycles. The SMILES string of the molecule is O=C(O)c1ccc2nc(CN3CCC(n4ccc5ccc(Cc6ccc(Cl)cc6F)nc54)CC3)n(C[C@@H]3CCO3)c2n1. The molecule has 0 bridgehead atoms. The van der Waals surface area contributed by atoms with Crippen LogP contribution in [-0.2, 0) is 24.2 Å². The highest BCUT2D eigenvalue weighted by Gasteiger charge is 2.26. The first-order chi connectivity index (χ1) is 20.4. The molecule has 0 radical (unpaired) electrons. The first-order valence-electron chi connectivity index (χ1n) is 14.2. The summed E-state index contributed by atoms with van der Waals surface area (Å²) >= 11 is 5.92. The molecule has 1 atom stereocenters. The van der Waals surface area contributed by atoms with E-state index in [0.717, 1.165) is 61.5 Å². The van der Waals surface area contributed by atoms with E-state index in [9.17, 15) is 14.3 Å². The molecule has 0 saturated carbocycles. The fourth-order valence-electron chi connectivity index (χ4n) is 5.99. The second-order valence-electron chi connectivity index (χ2n) is 11.1. The van der Waals surface area contributed by atoms with Gasteiger partial charge in [-0.25, -0.2) is 24.1 Å². The number of aromatic nitrogens is 5. The summed E-state index contributed by atoms with van der Waals surface area (Å²) < 4.78 is 24.4. The number of fused-ring (bicyclic) bond motifs is 2. The van der Waals surface area contributed by atoms with E-state index in [1.54, 1.807) is 18.2 Å². The van der Waals surface area contributed by atoms with Crippen LogP contribution in [-0.4, -0.2) is 65.9 Å². The smallest absolute Gasteiger partial charge is 0.354 e. The number of carboxylic acids is 1. The van der Waals surface area contributed by atoms with Crippen molar-refractivity contribution in [2.24, 2.45) is 0 Å². The molecule has 5 aromatic rings. The summed E-state index contributed by atoms with van der Waals surface area (Å²) in [7, 11) is 0. The molecule has 0 spiro atoms. The van der Waals surface area contributed by atoms with Crippen LogP contribution in [0.15, 0.2) is 54.7 Å². The molecule has 2 fully saturated rings. The first kappa shape index (κ1) is 27.0. The van der Waals surface area contributed by atoms with E-state index in [0.29, 0.717) is 47.3 Å². The van der Waals surface area contributed by atoms with Crippen molar-refractivity contribution in [2.75, 3.05) is 19.7 Å². The number of halogens is 2. The van der Waals surface area contributed by atoms with Gasteiger partial charge in [0.25, 0.3) is 0 Å². The highest BCUT2D eigenvalue weighted by molar-refractivity contribution is 6.30. The number of imidazole rings is 1. The van der Waals surface area contributed by atoms with Gasteiger partial charge < -0.3 is 19.0 Å². The van der Waals surface area contributed by atoms with Gasteiger partial charge in [0.05, 0.1) is 19.2 Å². The van der Waals surface area contributed by atoms with Gasteiger partial charge in [0, 0.05) is 54.5 Å². The average Bonchev–Trinajstić information content (AvgIpc) is 3.53. The maximum absolute atomic E-state index is 14.4. The molecule has 1 aromatic carbocycles. The number of carboxylic acid groups (broad SMARTS) is 1.